The number of nitrogens with zero attached hydrogens (tertiary/aromatic N) is 6. The zero-order chi connectivity index (χ0) is 24.3. The van der Waals surface area contributed by atoms with Crippen LogP contribution in [0.5, 0.6) is 0 Å². The monoisotopic (exact) mass is 471 g/mol. The second kappa shape index (κ2) is 9.21. The highest BCUT2D eigenvalue weighted by Crippen LogP contribution is 2.30. The molecule has 0 unspecified atom stereocenters. The summed E-state index contributed by atoms with van der Waals surface area (Å²) >= 11 is 0. The average molecular weight is 471 g/mol. The van der Waals surface area contributed by atoms with Gasteiger partial charge in [0.2, 0.25) is 11.8 Å². The molecule has 13 heteroatoms. The van der Waals surface area contributed by atoms with Crippen LogP contribution in [0.4, 0.5) is 29.5 Å². The summed E-state index contributed by atoms with van der Waals surface area (Å²) in [5.74, 6) is -0.0123. The van der Waals surface area contributed by atoms with E-state index in [1.807, 2.05) is 13.8 Å². The van der Waals surface area contributed by atoms with Crippen LogP contribution in [-0.2, 0) is 12.7 Å². The number of amides is 2. The number of rotatable bonds is 5. The van der Waals surface area contributed by atoms with E-state index >= 15 is 0 Å². The normalized spacial score (nSPS) is 11.3. The Bertz CT molecular complexity index is 1300. The molecule has 0 saturated heterocycles. The van der Waals surface area contributed by atoms with E-state index in [4.69, 9.17) is 4.52 Å². The molecule has 0 aliphatic rings. The summed E-state index contributed by atoms with van der Waals surface area (Å²) < 4.78 is 44.8. The van der Waals surface area contributed by atoms with Crippen LogP contribution in [0.3, 0.4) is 0 Å². The van der Waals surface area contributed by atoms with Gasteiger partial charge in [0.25, 0.3) is 6.20 Å². The van der Waals surface area contributed by atoms with Crippen molar-refractivity contribution < 1.29 is 27.2 Å². The van der Waals surface area contributed by atoms with Gasteiger partial charge >= 0.3 is 18.1 Å². The molecule has 0 spiro atoms. The van der Waals surface area contributed by atoms with Crippen LogP contribution in [0.25, 0.3) is 11.3 Å². The zero-order valence-corrected chi connectivity index (χ0v) is 18.0. The molecular weight excluding hydrogens is 453 g/mol. The molecule has 34 heavy (non-hydrogen) atoms. The number of halogens is 3. The predicted molar refractivity (Wildman–Crippen MR) is 112 cm³/mol. The van der Waals surface area contributed by atoms with Crippen LogP contribution >= 0.6 is 0 Å². The topological polar surface area (TPSA) is 123 Å². The smallest absolute Gasteiger partial charge is 0.308 e. The van der Waals surface area contributed by atoms with Gasteiger partial charge in [0.1, 0.15) is 12.0 Å². The Labute approximate surface area is 190 Å². The van der Waals surface area contributed by atoms with Crippen molar-refractivity contribution in [1.29, 1.82) is 0 Å². The van der Waals surface area contributed by atoms with Crippen molar-refractivity contribution in [2.75, 3.05) is 10.6 Å². The van der Waals surface area contributed by atoms with Crippen molar-refractivity contribution in [2.24, 2.45) is 0 Å². The van der Waals surface area contributed by atoms with Crippen LogP contribution in [0.15, 0.2) is 53.4 Å². The third-order valence-electron chi connectivity index (χ3n) is 4.72. The number of carbonyl (C=O) groups excluding carboxylic acids is 1. The standard InChI is InChI=1S/C21H17F3N8O2/c1-12-19(13(2)26-11-25-12)17-7-6-16(29-30-17)9-32-10-18(34-31-32)28-20(33)27-15-5-3-4-14(8-15)21(22,23)24/h3-8,10-11H,9H2,1-2H3,(H-,27,28,31,33)/p+1. The Balaban J connectivity index is 1.38. The number of urea groups is 1. The third-order valence-corrected chi connectivity index (χ3v) is 4.72. The number of carbonyl (C=O) groups is 1. The quantitative estimate of drug-likeness (QED) is 0.427. The van der Waals surface area contributed by atoms with E-state index in [9.17, 15) is 18.0 Å². The summed E-state index contributed by atoms with van der Waals surface area (Å²) in [6, 6.07) is 7.04. The Morgan fingerprint density at radius 2 is 1.82 bits per heavy atom. The molecule has 3 heterocycles. The van der Waals surface area contributed by atoms with Gasteiger partial charge in [-0.05, 0) is 48.9 Å². The molecule has 0 saturated carbocycles. The van der Waals surface area contributed by atoms with Gasteiger partial charge in [-0.3, -0.25) is 9.84 Å². The van der Waals surface area contributed by atoms with Gasteiger partial charge in [-0.15, -0.1) is 10.2 Å². The van der Waals surface area contributed by atoms with Crippen LogP contribution < -0.4 is 15.3 Å². The van der Waals surface area contributed by atoms with Gasteiger partial charge < -0.3 is 5.32 Å². The molecule has 3 aromatic heterocycles. The minimum absolute atomic E-state index is 0.0123. The molecule has 4 rings (SSSR count). The lowest BCUT2D eigenvalue weighted by Crippen LogP contribution is -2.35. The predicted octanol–water partition coefficient (Wildman–Crippen LogP) is 3.54. The first kappa shape index (κ1) is 22.8. The number of aryl methyl sites for hydroxylation is 2. The fourth-order valence-corrected chi connectivity index (χ4v) is 3.16. The summed E-state index contributed by atoms with van der Waals surface area (Å²) in [5.41, 5.74) is 2.71. The molecule has 1 aromatic carbocycles. The Morgan fingerprint density at radius 1 is 1.06 bits per heavy atom. The summed E-state index contributed by atoms with van der Waals surface area (Å²) in [5, 5.41) is 16.9. The van der Waals surface area contributed by atoms with E-state index in [-0.39, 0.29) is 18.1 Å². The van der Waals surface area contributed by atoms with Crippen LogP contribution in [-0.4, -0.2) is 31.5 Å². The van der Waals surface area contributed by atoms with Crippen LogP contribution in [0.1, 0.15) is 22.6 Å². The fraction of sp³-hybridized carbons (Fsp3) is 0.190. The van der Waals surface area contributed by atoms with Crippen molar-refractivity contribution in [2.45, 2.75) is 26.6 Å². The minimum atomic E-state index is -4.52. The van der Waals surface area contributed by atoms with Gasteiger partial charge in [0.15, 0.2) is 0 Å². The van der Waals surface area contributed by atoms with Crippen molar-refractivity contribution in [3.63, 3.8) is 0 Å². The van der Waals surface area contributed by atoms with Crippen LogP contribution in [0.2, 0.25) is 0 Å². The average Bonchev–Trinajstić information content (AvgIpc) is 3.21. The molecule has 2 amide bonds. The Hall–Kier alpha value is -4.42. The molecule has 174 valence electrons. The summed E-state index contributed by atoms with van der Waals surface area (Å²) in [6.45, 7) is 3.93. The molecule has 0 fully saturated rings. The molecule has 0 atom stereocenters. The minimum Gasteiger partial charge on any atom is -0.308 e. The molecule has 10 nitrogen and oxygen atoms in total. The summed E-state index contributed by atoms with van der Waals surface area (Å²) in [7, 11) is 0. The summed E-state index contributed by atoms with van der Waals surface area (Å²) in [4.78, 5) is 20.5. The lowest BCUT2D eigenvalue weighted by atomic mass is 10.1. The maximum Gasteiger partial charge on any atom is 0.416 e. The molecule has 4 aromatic rings. The number of nitrogens with one attached hydrogen (secondary N) is 2. The van der Waals surface area contributed by atoms with E-state index in [2.05, 4.69) is 36.1 Å². The molecule has 0 aliphatic carbocycles. The van der Waals surface area contributed by atoms with E-state index in [0.717, 1.165) is 29.1 Å². The van der Waals surface area contributed by atoms with Gasteiger partial charge in [-0.2, -0.15) is 13.2 Å². The largest absolute Gasteiger partial charge is 0.416 e. The highest BCUT2D eigenvalue weighted by molar-refractivity contribution is 5.98. The number of alkyl halides is 3. The molecular formula is C21H18F3N8O2+. The lowest BCUT2D eigenvalue weighted by Gasteiger charge is -2.09. The van der Waals surface area contributed by atoms with Crippen molar-refractivity contribution >= 4 is 17.6 Å². The number of anilines is 2. The van der Waals surface area contributed by atoms with Crippen molar-refractivity contribution in [3.8, 4) is 11.3 Å². The maximum absolute atomic E-state index is 12.8. The number of hydrogen-bond donors (Lipinski definition) is 2. The SMILES string of the molecule is Cc1ncnc(C)c1-c1ccc(C[n+]2cc(NC(=O)Nc3cccc(C(F)(F)F)c3)on2)nn1. The number of benzene rings is 1. The first-order chi connectivity index (χ1) is 16.2. The van der Waals surface area contributed by atoms with E-state index in [1.165, 1.54) is 29.3 Å². The van der Waals surface area contributed by atoms with Crippen molar-refractivity contribution in [1.82, 2.24) is 25.4 Å². The zero-order valence-electron chi connectivity index (χ0n) is 18.0. The van der Waals surface area contributed by atoms with Gasteiger partial charge in [0, 0.05) is 11.3 Å². The fourth-order valence-electron chi connectivity index (χ4n) is 3.16. The Morgan fingerprint density at radius 3 is 2.50 bits per heavy atom. The Kier molecular flexibility index (Phi) is 6.17. The molecule has 0 aliphatic heterocycles. The first-order valence-corrected chi connectivity index (χ1v) is 9.92. The van der Waals surface area contributed by atoms with Crippen LogP contribution in [0, 0.1) is 13.8 Å². The second-order valence-corrected chi connectivity index (χ2v) is 7.25. The second-order valence-electron chi connectivity index (χ2n) is 7.25. The first-order valence-electron chi connectivity index (χ1n) is 9.92. The van der Waals surface area contributed by atoms with Crippen molar-refractivity contribution in [3.05, 3.63) is 71.6 Å². The molecule has 0 bridgehead atoms. The van der Waals surface area contributed by atoms with E-state index in [1.54, 1.807) is 12.1 Å². The summed E-state index contributed by atoms with van der Waals surface area (Å²) in [6.07, 6.45) is -1.62. The number of hydrogen-bond acceptors (Lipinski definition) is 7. The highest BCUT2D eigenvalue weighted by atomic mass is 19.4. The van der Waals surface area contributed by atoms with E-state index < -0.39 is 17.8 Å². The molecule has 2 N–H and O–H groups in total. The van der Waals surface area contributed by atoms with E-state index in [0.29, 0.717) is 11.4 Å². The lowest BCUT2D eigenvalue weighted by molar-refractivity contribution is -0.755. The number of aromatic nitrogens is 6. The maximum atomic E-state index is 12.8. The highest BCUT2D eigenvalue weighted by Gasteiger charge is 2.30. The van der Waals surface area contributed by atoms with Gasteiger partial charge in [-0.1, -0.05) is 6.07 Å². The third kappa shape index (κ3) is 5.31. The van der Waals surface area contributed by atoms with Gasteiger partial charge in [0.05, 0.1) is 22.6 Å². The van der Waals surface area contributed by atoms with Gasteiger partial charge in [-0.25, -0.2) is 14.8 Å². The molecule has 0 radical (unpaired) electrons.